The molecule has 0 aromatic heterocycles. The molecule has 5 heteroatoms. The van der Waals surface area contributed by atoms with Crippen molar-refractivity contribution in [3.8, 4) is 0 Å². The lowest BCUT2D eigenvalue weighted by atomic mass is 10.1. The van der Waals surface area contributed by atoms with E-state index in [9.17, 15) is 4.79 Å². The molecule has 0 atom stereocenters. The number of hydrogen-bond donors (Lipinski definition) is 1. The molecular formula is C20H24ClN3O. The standard InChI is InChI=1S/C20H24ClN3O/c1-15-12-16(2)20(18(21)13-15)22-19(25)14-23-8-10-24(11-9-23)17-6-4-3-5-7-17/h3-7,12-13H,8-11,14H2,1-2H3,(H,22,25). The van der Waals surface area contributed by atoms with Gasteiger partial charge in [0, 0.05) is 31.9 Å². The highest BCUT2D eigenvalue weighted by Gasteiger charge is 2.19. The zero-order valence-electron chi connectivity index (χ0n) is 14.8. The smallest absolute Gasteiger partial charge is 0.238 e. The molecule has 3 rings (SSSR count). The molecule has 0 unspecified atom stereocenters. The number of nitrogens with one attached hydrogen (secondary N) is 1. The number of carbonyl (C=O) groups is 1. The first kappa shape index (κ1) is 17.8. The molecule has 2 aromatic rings. The van der Waals surface area contributed by atoms with Crippen LogP contribution in [0.2, 0.25) is 5.02 Å². The van der Waals surface area contributed by atoms with Gasteiger partial charge in [0.15, 0.2) is 0 Å². The van der Waals surface area contributed by atoms with Gasteiger partial charge < -0.3 is 10.2 Å². The van der Waals surface area contributed by atoms with E-state index in [4.69, 9.17) is 11.6 Å². The number of nitrogens with zero attached hydrogens (tertiary/aromatic N) is 2. The van der Waals surface area contributed by atoms with Crippen molar-refractivity contribution in [3.05, 3.63) is 58.6 Å². The SMILES string of the molecule is Cc1cc(C)c(NC(=O)CN2CCN(c3ccccc3)CC2)c(Cl)c1. The fourth-order valence-electron chi connectivity index (χ4n) is 3.26. The van der Waals surface area contributed by atoms with Crippen LogP contribution in [0.15, 0.2) is 42.5 Å². The monoisotopic (exact) mass is 357 g/mol. The van der Waals surface area contributed by atoms with Crippen LogP contribution in [0, 0.1) is 13.8 Å². The Kier molecular flexibility index (Phi) is 5.61. The summed E-state index contributed by atoms with van der Waals surface area (Å²) in [6, 6.07) is 14.3. The average Bonchev–Trinajstić information content (AvgIpc) is 2.59. The minimum atomic E-state index is -0.0120. The maximum absolute atomic E-state index is 12.4. The molecule has 1 aliphatic rings. The second kappa shape index (κ2) is 7.89. The van der Waals surface area contributed by atoms with E-state index in [-0.39, 0.29) is 5.91 Å². The van der Waals surface area contributed by atoms with E-state index in [0.717, 1.165) is 43.0 Å². The Hall–Kier alpha value is -2.04. The van der Waals surface area contributed by atoms with Crippen LogP contribution in [0.5, 0.6) is 0 Å². The van der Waals surface area contributed by atoms with Crippen molar-refractivity contribution >= 4 is 28.9 Å². The highest BCUT2D eigenvalue weighted by Crippen LogP contribution is 2.27. The Balaban J connectivity index is 1.53. The molecule has 1 fully saturated rings. The second-order valence-corrected chi connectivity index (χ2v) is 6.99. The van der Waals surface area contributed by atoms with E-state index in [1.54, 1.807) is 0 Å². The maximum atomic E-state index is 12.4. The van der Waals surface area contributed by atoms with Gasteiger partial charge >= 0.3 is 0 Å². The fraction of sp³-hybridized carbons (Fsp3) is 0.350. The van der Waals surface area contributed by atoms with E-state index in [1.165, 1.54) is 5.69 Å². The molecule has 0 radical (unpaired) electrons. The summed E-state index contributed by atoms with van der Waals surface area (Å²) in [7, 11) is 0. The molecule has 1 heterocycles. The summed E-state index contributed by atoms with van der Waals surface area (Å²) in [6.45, 7) is 7.98. The Morgan fingerprint density at radius 2 is 1.76 bits per heavy atom. The summed E-state index contributed by atoms with van der Waals surface area (Å²) >= 11 is 6.27. The molecule has 0 saturated carbocycles. The quantitative estimate of drug-likeness (QED) is 0.905. The number of amides is 1. The van der Waals surface area contributed by atoms with Crippen LogP contribution in [0.4, 0.5) is 11.4 Å². The minimum absolute atomic E-state index is 0.0120. The first-order valence-corrected chi connectivity index (χ1v) is 8.99. The van der Waals surface area contributed by atoms with Crippen LogP contribution in [0.3, 0.4) is 0 Å². The van der Waals surface area contributed by atoms with E-state index in [2.05, 4.69) is 39.4 Å². The van der Waals surface area contributed by atoms with Crippen LogP contribution in [-0.2, 0) is 4.79 Å². The van der Waals surface area contributed by atoms with Gasteiger partial charge in [0.25, 0.3) is 0 Å². The van der Waals surface area contributed by atoms with Crippen LogP contribution in [-0.4, -0.2) is 43.5 Å². The zero-order valence-corrected chi connectivity index (χ0v) is 15.5. The van der Waals surface area contributed by atoms with E-state index < -0.39 is 0 Å². The van der Waals surface area contributed by atoms with Gasteiger partial charge in [-0.25, -0.2) is 0 Å². The summed E-state index contributed by atoms with van der Waals surface area (Å²) in [4.78, 5) is 16.9. The molecule has 2 aromatic carbocycles. The molecule has 4 nitrogen and oxygen atoms in total. The molecule has 1 N–H and O–H groups in total. The van der Waals surface area contributed by atoms with Crippen molar-refractivity contribution in [2.75, 3.05) is 42.9 Å². The first-order chi connectivity index (χ1) is 12.0. The highest BCUT2D eigenvalue weighted by atomic mass is 35.5. The van der Waals surface area contributed by atoms with E-state index in [0.29, 0.717) is 11.6 Å². The van der Waals surface area contributed by atoms with Gasteiger partial charge in [0.2, 0.25) is 5.91 Å². The third-order valence-electron chi connectivity index (χ3n) is 4.56. The summed E-state index contributed by atoms with van der Waals surface area (Å²) in [6.07, 6.45) is 0. The van der Waals surface area contributed by atoms with Crippen molar-refractivity contribution in [3.63, 3.8) is 0 Å². The van der Waals surface area contributed by atoms with Crippen molar-refractivity contribution in [1.82, 2.24) is 4.90 Å². The summed E-state index contributed by atoms with van der Waals surface area (Å²) in [5.74, 6) is -0.0120. The lowest BCUT2D eigenvalue weighted by Gasteiger charge is -2.35. The average molecular weight is 358 g/mol. The Morgan fingerprint density at radius 1 is 1.08 bits per heavy atom. The molecule has 1 amide bonds. The Morgan fingerprint density at radius 3 is 2.40 bits per heavy atom. The van der Waals surface area contributed by atoms with Crippen molar-refractivity contribution in [2.45, 2.75) is 13.8 Å². The van der Waals surface area contributed by atoms with Crippen LogP contribution in [0.25, 0.3) is 0 Å². The molecule has 1 aliphatic heterocycles. The summed E-state index contributed by atoms with van der Waals surface area (Å²) in [5.41, 5.74) is 4.05. The molecule has 0 bridgehead atoms. The predicted octanol–water partition coefficient (Wildman–Crippen LogP) is 3.72. The maximum Gasteiger partial charge on any atom is 0.238 e. The summed E-state index contributed by atoms with van der Waals surface area (Å²) < 4.78 is 0. The van der Waals surface area contributed by atoms with E-state index in [1.807, 2.05) is 32.0 Å². The number of carbonyl (C=O) groups excluding carboxylic acids is 1. The Labute approximate surface area is 154 Å². The van der Waals surface area contributed by atoms with Crippen molar-refractivity contribution in [1.29, 1.82) is 0 Å². The van der Waals surface area contributed by atoms with Gasteiger partial charge in [-0.15, -0.1) is 0 Å². The first-order valence-electron chi connectivity index (χ1n) is 8.62. The molecule has 0 spiro atoms. The zero-order chi connectivity index (χ0) is 17.8. The van der Waals surface area contributed by atoms with Gasteiger partial charge in [-0.05, 0) is 43.2 Å². The molecule has 25 heavy (non-hydrogen) atoms. The van der Waals surface area contributed by atoms with Crippen molar-refractivity contribution < 1.29 is 4.79 Å². The van der Waals surface area contributed by atoms with E-state index >= 15 is 0 Å². The van der Waals surface area contributed by atoms with Crippen molar-refractivity contribution in [2.24, 2.45) is 0 Å². The third kappa shape index (κ3) is 4.53. The third-order valence-corrected chi connectivity index (χ3v) is 4.86. The number of halogens is 1. The number of rotatable bonds is 4. The number of aryl methyl sites for hydroxylation is 2. The predicted molar refractivity (Wildman–Crippen MR) is 105 cm³/mol. The normalized spacial score (nSPS) is 15.2. The van der Waals surface area contributed by atoms with Crippen LogP contribution < -0.4 is 10.2 Å². The molecule has 1 saturated heterocycles. The van der Waals surface area contributed by atoms with Gasteiger partial charge in [0.05, 0.1) is 17.3 Å². The number of hydrogen-bond acceptors (Lipinski definition) is 3. The van der Waals surface area contributed by atoms with Gasteiger partial charge in [-0.2, -0.15) is 0 Å². The molecular weight excluding hydrogens is 334 g/mol. The number of para-hydroxylation sites is 1. The van der Waals surface area contributed by atoms with Gasteiger partial charge in [-0.1, -0.05) is 35.9 Å². The largest absolute Gasteiger partial charge is 0.369 e. The number of piperazine rings is 1. The second-order valence-electron chi connectivity index (χ2n) is 6.59. The minimum Gasteiger partial charge on any atom is -0.369 e. The summed E-state index contributed by atoms with van der Waals surface area (Å²) in [5, 5.41) is 3.57. The molecule has 132 valence electrons. The topological polar surface area (TPSA) is 35.6 Å². The Bertz CT molecular complexity index is 717. The number of anilines is 2. The fourth-order valence-corrected chi connectivity index (χ4v) is 3.63. The molecule has 0 aliphatic carbocycles. The highest BCUT2D eigenvalue weighted by molar-refractivity contribution is 6.34. The van der Waals surface area contributed by atoms with Gasteiger partial charge in [-0.3, -0.25) is 9.69 Å². The number of benzene rings is 2. The van der Waals surface area contributed by atoms with Gasteiger partial charge in [0.1, 0.15) is 0 Å². The van der Waals surface area contributed by atoms with Crippen LogP contribution in [0.1, 0.15) is 11.1 Å². The lowest BCUT2D eigenvalue weighted by Crippen LogP contribution is -2.48. The van der Waals surface area contributed by atoms with Crippen LogP contribution >= 0.6 is 11.6 Å². The lowest BCUT2D eigenvalue weighted by molar-refractivity contribution is -0.117.